The van der Waals surface area contributed by atoms with Gasteiger partial charge in [0.25, 0.3) is 0 Å². The summed E-state index contributed by atoms with van der Waals surface area (Å²) < 4.78 is 6.67. The lowest BCUT2D eigenvalue weighted by Gasteiger charge is -2.06. The third kappa shape index (κ3) is 4.84. The third-order valence-electron chi connectivity index (χ3n) is 3.54. The van der Waals surface area contributed by atoms with Crippen molar-refractivity contribution in [3.63, 3.8) is 0 Å². The number of carbonyl (C=O) groups excluding carboxylic acids is 2. The molecular formula is C13H18N8O3. The molecule has 0 unspecified atom stereocenters. The number of ether oxygens (including phenoxy) is 1. The van der Waals surface area contributed by atoms with Crippen LogP contribution in [0.4, 0.5) is 0 Å². The molecule has 0 saturated heterocycles. The van der Waals surface area contributed by atoms with E-state index in [1.807, 2.05) is 0 Å². The van der Waals surface area contributed by atoms with E-state index in [1.165, 1.54) is 17.2 Å². The summed E-state index contributed by atoms with van der Waals surface area (Å²) in [6.07, 6.45) is 5.38. The highest BCUT2D eigenvalue weighted by atomic mass is 16.5. The van der Waals surface area contributed by atoms with Gasteiger partial charge in [0.1, 0.15) is 31.9 Å². The maximum atomic E-state index is 11.8. The smallest absolute Gasteiger partial charge is 0.246 e. The van der Waals surface area contributed by atoms with Crippen LogP contribution in [0, 0.1) is 5.92 Å². The number of amides is 2. The first kappa shape index (κ1) is 16.1. The molecule has 0 spiro atoms. The average Bonchev–Trinajstić information content (AvgIpc) is 2.98. The monoisotopic (exact) mass is 334 g/mol. The van der Waals surface area contributed by atoms with E-state index in [9.17, 15) is 9.59 Å². The normalized spacial score (nSPS) is 19.0. The lowest BCUT2D eigenvalue weighted by Crippen LogP contribution is -2.34. The van der Waals surface area contributed by atoms with E-state index in [2.05, 4.69) is 36.1 Å². The Morgan fingerprint density at radius 1 is 1.42 bits per heavy atom. The van der Waals surface area contributed by atoms with Crippen LogP contribution in [0.5, 0.6) is 0 Å². The number of aromatic amines is 1. The summed E-state index contributed by atoms with van der Waals surface area (Å²) in [4.78, 5) is 27.3. The minimum atomic E-state index is -0.200. The highest BCUT2D eigenvalue weighted by molar-refractivity contribution is 5.77. The van der Waals surface area contributed by atoms with Crippen LogP contribution >= 0.6 is 0 Å². The van der Waals surface area contributed by atoms with Crippen molar-refractivity contribution in [1.82, 2.24) is 40.8 Å². The van der Waals surface area contributed by atoms with Crippen molar-refractivity contribution in [3.05, 3.63) is 24.5 Å². The standard InChI is InChI=1S/C13H18N8O3/c22-12(5-21-2-1-16-20-21)18-10-3-9(10)4-14-13(23)7-24-6-11-15-8-17-19-11/h1-2,8-10H,3-7H2,(H,14,23)(H,18,22)(H,15,17,19)/t9-,10-/m0/s1. The quantitative estimate of drug-likeness (QED) is 0.493. The number of rotatable bonds is 9. The molecule has 0 bridgehead atoms. The molecule has 0 radical (unpaired) electrons. The molecular weight excluding hydrogens is 316 g/mol. The summed E-state index contributed by atoms with van der Waals surface area (Å²) >= 11 is 0. The number of hydrogen-bond acceptors (Lipinski definition) is 7. The molecule has 2 atom stereocenters. The predicted molar refractivity (Wildman–Crippen MR) is 79.1 cm³/mol. The molecule has 0 aromatic carbocycles. The van der Waals surface area contributed by atoms with Gasteiger partial charge in [-0.05, 0) is 12.3 Å². The van der Waals surface area contributed by atoms with Crippen molar-refractivity contribution in [2.24, 2.45) is 5.92 Å². The van der Waals surface area contributed by atoms with Gasteiger partial charge in [-0.1, -0.05) is 5.21 Å². The van der Waals surface area contributed by atoms with Gasteiger partial charge in [0.15, 0.2) is 0 Å². The van der Waals surface area contributed by atoms with E-state index in [-0.39, 0.29) is 43.5 Å². The Kier molecular flexibility index (Phi) is 5.11. The number of carbonyl (C=O) groups is 2. The van der Waals surface area contributed by atoms with Gasteiger partial charge in [0, 0.05) is 18.8 Å². The van der Waals surface area contributed by atoms with Crippen LogP contribution in [0.2, 0.25) is 0 Å². The van der Waals surface area contributed by atoms with Crippen molar-refractivity contribution in [2.75, 3.05) is 13.2 Å². The van der Waals surface area contributed by atoms with Gasteiger partial charge >= 0.3 is 0 Å². The van der Waals surface area contributed by atoms with E-state index >= 15 is 0 Å². The van der Waals surface area contributed by atoms with Crippen LogP contribution in [-0.2, 0) is 27.5 Å². The largest absolute Gasteiger partial charge is 0.364 e. The number of nitrogens with zero attached hydrogens (tertiary/aromatic N) is 5. The van der Waals surface area contributed by atoms with Gasteiger partial charge in [-0.3, -0.25) is 14.7 Å². The fourth-order valence-electron chi connectivity index (χ4n) is 2.20. The Hall–Kier alpha value is -2.82. The molecule has 1 fully saturated rings. The molecule has 2 aromatic rings. The minimum absolute atomic E-state index is 0.0449. The molecule has 1 aliphatic rings. The molecule has 11 nitrogen and oxygen atoms in total. The second kappa shape index (κ2) is 7.64. The Bertz CT molecular complexity index is 657. The van der Waals surface area contributed by atoms with Crippen LogP contribution < -0.4 is 10.6 Å². The summed E-state index contributed by atoms with van der Waals surface area (Å²) in [7, 11) is 0. The van der Waals surface area contributed by atoms with E-state index in [0.29, 0.717) is 12.4 Å². The molecule has 3 N–H and O–H groups in total. The highest BCUT2D eigenvalue weighted by Crippen LogP contribution is 2.29. The first-order chi connectivity index (χ1) is 11.7. The fourth-order valence-corrected chi connectivity index (χ4v) is 2.20. The molecule has 0 aliphatic heterocycles. The lowest BCUT2D eigenvalue weighted by atomic mass is 10.4. The zero-order chi connectivity index (χ0) is 16.8. The van der Waals surface area contributed by atoms with Crippen LogP contribution in [0.1, 0.15) is 12.2 Å². The lowest BCUT2D eigenvalue weighted by molar-refractivity contribution is -0.126. The van der Waals surface area contributed by atoms with Crippen LogP contribution in [0.3, 0.4) is 0 Å². The molecule has 1 aliphatic carbocycles. The molecule has 11 heteroatoms. The summed E-state index contributed by atoms with van der Waals surface area (Å²) in [5.74, 6) is 0.506. The van der Waals surface area contributed by atoms with Crippen molar-refractivity contribution >= 4 is 11.8 Å². The van der Waals surface area contributed by atoms with Crippen molar-refractivity contribution in [1.29, 1.82) is 0 Å². The zero-order valence-corrected chi connectivity index (χ0v) is 12.9. The molecule has 3 rings (SSSR count). The second-order valence-electron chi connectivity index (χ2n) is 5.50. The van der Waals surface area contributed by atoms with Crippen LogP contribution in [-0.4, -0.2) is 61.2 Å². The average molecular weight is 334 g/mol. The van der Waals surface area contributed by atoms with E-state index in [0.717, 1.165) is 6.42 Å². The first-order valence-corrected chi connectivity index (χ1v) is 7.53. The molecule has 2 aromatic heterocycles. The molecule has 2 amide bonds. The maximum absolute atomic E-state index is 11.8. The second-order valence-corrected chi connectivity index (χ2v) is 5.50. The van der Waals surface area contributed by atoms with Gasteiger partial charge < -0.3 is 15.4 Å². The van der Waals surface area contributed by atoms with E-state index in [1.54, 1.807) is 6.20 Å². The highest BCUT2D eigenvalue weighted by Gasteiger charge is 2.38. The molecule has 1 saturated carbocycles. The van der Waals surface area contributed by atoms with Crippen LogP contribution in [0.25, 0.3) is 0 Å². The molecule has 128 valence electrons. The fraction of sp³-hybridized carbons (Fsp3) is 0.538. The van der Waals surface area contributed by atoms with Crippen molar-refractivity contribution < 1.29 is 14.3 Å². The summed E-state index contributed by atoms with van der Waals surface area (Å²) in [6.45, 7) is 0.818. The summed E-state index contributed by atoms with van der Waals surface area (Å²) in [5.41, 5.74) is 0. The Labute approximate surface area is 137 Å². The number of hydrogen-bond donors (Lipinski definition) is 3. The maximum Gasteiger partial charge on any atom is 0.246 e. The van der Waals surface area contributed by atoms with Crippen LogP contribution in [0.15, 0.2) is 18.7 Å². The number of H-pyrrole nitrogens is 1. The van der Waals surface area contributed by atoms with Gasteiger partial charge in [0.2, 0.25) is 11.8 Å². The molecule has 2 heterocycles. The zero-order valence-electron chi connectivity index (χ0n) is 12.9. The third-order valence-corrected chi connectivity index (χ3v) is 3.54. The van der Waals surface area contributed by atoms with Gasteiger partial charge in [-0.15, -0.1) is 5.10 Å². The predicted octanol–water partition coefficient (Wildman–Crippen LogP) is -1.77. The Morgan fingerprint density at radius 3 is 3.08 bits per heavy atom. The summed E-state index contributed by atoms with van der Waals surface area (Å²) in [5, 5.41) is 19.4. The van der Waals surface area contributed by atoms with Crippen molar-refractivity contribution in [3.8, 4) is 0 Å². The first-order valence-electron chi connectivity index (χ1n) is 7.53. The van der Waals surface area contributed by atoms with Gasteiger partial charge in [-0.2, -0.15) is 5.10 Å². The Morgan fingerprint density at radius 2 is 2.33 bits per heavy atom. The van der Waals surface area contributed by atoms with Crippen molar-refractivity contribution in [2.45, 2.75) is 25.6 Å². The topological polar surface area (TPSA) is 140 Å². The number of aromatic nitrogens is 6. The van der Waals surface area contributed by atoms with Gasteiger partial charge in [-0.25, -0.2) is 9.67 Å². The SMILES string of the molecule is O=C(COCc1ncn[nH]1)NC[C@@H]1C[C@@H]1NC(=O)Cn1ccnn1. The van der Waals surface area contributed by atoms with E-state index in [4.69, 9.17) is 4.74 Å². The minimum Gasteiger partial charge on any atom is -0.364 e. The summed E-state index contributed by atoms with van der Waals surface area (Å²) in [6, 6.07) is 0.0939. The van der Waals surface area contributed by atoms with E-state index < -0.39 is 0 Å². The number of nitrogens with one attached hydrogen (secondary N) is 3. The van der Waals surface area contributed by atoms with Gasteiger partial charge in [0.05, 0.1) is 6.20 Å². The Balaban J connectivity index is 1.25. The molecule has 24 heavy (non-hydrogen) atoms.